The number of benzene rings is 1. The molecule has 1 aliphatic heterocycles. The fraction of sp³-hybridized carbons (Fsp3) is 0.500. The molecule has 2 atom stereocenters. The van der Waals surface area contributed by atoms with Crippen LogP contribution in [0.25, 0.3) is 0 Å². The van der Waals surface area contributed by atoms with Gasteiger partial charge in [0.05, 0.1) is 20.1 Å². The highest BCUT2D eigenvalue weighted by Gasteiger charge is 2.31. The van der Waals surface area contributed by atoms with Gasteiger partial charge in [-0.3, -0.25) is 4.79 Å². The number of methoxy groups -OCH3 is 2. The molecule has 1 fully saturated rings. The monoisotopic (exact) mass is 265 g/mol. The van der Waals surface area contributed by atoms with Crippen molar-refractivity contribution >= 4 is 5.97 Å². The van der Waals surface area contributed by atoms with E-state index < -0.39 is 5.97 Å². The highest BCUT2D eigenvalue weighted by molar-refractivity contribution is 5.71. The summed E-state index contributed by atoms with van der Waals surface area (Å²) in [6.07, 6.45) is 0.603. The van der Waals surface area contributed by atoms with Crippen LogP contribution in [0.3, 0.4) is 0 Å². The highest BCUT2D eigenvalue weighted by Crippen LogP contribution is 2.36. The maximum atomic E-state index is 11.0. The lowest BCUT2D eigenvalue weighted by Gasteiger charge is -2.17. The number of hydrogen-bond acceptors (Lipinski definition) is 4. The Morgan fingerprint density at radius 1 is 1.32 bits per heavy atom. The summed E-state index contributed by atoms with van der Waals surface area (Å²) in [4.78, 5) is 11.0. The first-order valence-corrected chi connectivity index (χ1v) is 6.25. The van der Waals surface area contributed by atoms with Crippen molar-refractivity contribution < 1.29 is 19.4 Å². The third-order valence-electron chi connectivity index (χ3n) is 3.63. The fourth-order valence-corrected chi connectivity index (χ4v) is 2.53. The molecular weight excluding hydrogens is 246 g/mol. The van der Waals surface area contributed by atoms with E-state index in [0.29, 0.717) is 24.5 Å². The molecule has 0 bridgehead atoms. The van der Waals surface area contributed by atoms with E-state index in [9.17, 15) is 4.79 Å². The van der Waals surface area contributed by atoms with Crippen LogP contribution in [0.5, 0.6) is 11.5 Å². The summed E-state index contributed by atoms with van der Waals surface area (Å²) in [5, 5.41) is 12.3. The Hall–Kier alpha value is -1.75. The van der Waals surface area contributed by atoms with Crippen LogP contribution in [0.2, 0.25) is 0 Å². The Balaban J connectivity index is 2.28. The van der Waals surface area contributed by atoms with Gasteiger partial charge in [0, 0.05) is 12.6 Å². The van der Waals surface area contributed by atoms with Gasteiger partial charge in [0.2, 0.25) is 0 Å². The summed E-state index contributed by atoms with van der Waals surface area (Å²) < 4.78 is 10.6. The van der Waals surface area contributed by atoms with Gasteiger partial charge in [-0.1, -0.05) is 0 Å². The van der Waals surface area contributed by atoms with Crippen molar-refractivity contribution in [3.63, 3.8) is 0 Å². The molecule has 2 rings (SSSR count). The Kier molecular flexibility index (Phi) is 3.95. The molecule has 19 heavy (non-hydrogen) atoms. The minimum absolute atomic E-state index is 0.0564. The van der Waals surface area contributed by atoms with E-state index in [4.69, 9.17) is 14.6 Å². The molecular formula is C14H19NO4. The lowest BCUT2D eigenvalue weighted by Crippen LogP contribution is -2.17. The van der Waals surface area contributed by atoms with Gasteiger partial charge >= 0.3 is 5.97 Å². The van der Waals surface area contributed by atoms with E-state index >= 15 is 0 Å². The quantitative estimate of drug-likeness (QED) is 0.868. The van der Waals surface area contributed by atoms with E-state index in [1.807, 2.05) is 19.1 Å². The molecule has 0 aliphatic carbocycles. The van der Waals surface area contributed by atoms with Gasteiger partial charge in [0.25, 0.3) is 0 Å². The number of carbonyl (C=O) groups is 1. The van der Waals surface area contributed by atoms with E-state index in [1.165, 1.54) is 0 Å². The number of nitrogens with one attached hydrogen (secondary N) is 1. The molecule has 2 unspecified atom stereocenters. The Morgan fingerprint density at radius 2 is 1.95 bits per heavy atom. The van der Waals surface area contributed by atoms with Crippen LogP contribution in [0.15, 0.2) is 12.1 Å². The number of hydrogen-bond donors (Lipinski definition) is 2. The second kappa shape index (κ2) is 5.48. The average molecular weight is 265 g/mol. The molecule has 0 saturated carbocycles. The molecule has 5 heteroatoms. The van der Waals surface area contributed by atoms with E-state index in [0.717, 1.165) is 11.1 Å². The second-order valence-electron chi connectivity index (χ2n) is 4.80. The first-order chi connectivity index (χ1) is 9.06. The number of ether oxygens (including phenoxy) is 2. The van der Waals surface area contributed by atoms with Crippen LogP contribution in [0.4, 0.5) is 0 Å². The first-order valence-electron chi connectivity index (χ1n) is 6.25. The normalized spacial score (nSPS) is 22.3. The van der Waals surface area contributed by atoms with Crippen molar-refractivity contribution in [3.05, 3.63) is 23.3 Å². The van der Waals surface area contributed by atoms with Crippen molar-refractivity contribution in [2.45, 2.75) is 19.4 Å². The molecule has 1 aromatic rings. The maximum absolute atomic E-state index is 11.0. The highest BCUT2D eigenvalue weighted by atomic mass is 16.5. The standard InChI is InChI=1S/C14H19NO4/c1-8-4-12(18-2)13(19-3)6-10(8)11-5-9(7-15-11)14(16)17/h4,6,9,11,15H,5,7H2,1-3H3,(H,16,17). The van der Waals surface area contributed by atoms with Crippen molar-refractivity contribution in [1.82, 2.24) is 5.32 Å². The molecule has 2 N–H and O–H groups in total. The number of carboxylic acid groups (broad SMARTS) is 1. The molecule has 0 spiro atoms. The minimum Gasteiger partial charge on any atom is -0.493 e. The zero-order chi connectivity index (χ0) is 14.0. The number of aryl methyl sites for hydroxylation is 1. The largest absolute Gasteiger partial charge is 0.493 e. The van der Waals surface area contributed by atoms with Crippen LogP contribution in [-0.4, -0.2) is 31.8 Å². The summed E-state index contributed by atoms with van der Waals surface area (Å²) in [7, 11) is 3.20. The maximum Gasteiger partial charge on any atom is 0.307 e. The summed E-state index contributed by atoms with van der Waals surface area (Å²) >= 11 is 0. The molecule has 1 aromatic carbocycles. The molecule has 5 nitrogen and oxygen atoms in total. The van der Waals surface area contributed by atoms with Gasteiger partial charge in [-0.05, 0) is 36.6 Å². The van der Waals surface area contributed by atoms with Crippen LogP contribution < -0.4 is 14.8 Å². The predicted octanol–water partition coefficient (Wildman–Crippen LogP) is 1.75. The fourth-order valence-electron chi connectivity index (χ4n) is 2.53. The van der Waals surface area contributed by atoms with E-state index in [-0.39, 0.29) is 12.0 Å². The zero-order valence-corrected chi connectivity index (χ0v) is 11.4. The molecule has 104 valence electrons. The lowest BCUT2D eigenvalue weighted by atomic mass is 9.96. The number of aliphatic carboxylic acids is 1. The Bertz CT molecular complexity index is 487. The molecule has 1 aliphatic rings. The van der Waals surface area contributed by atoms with Crippen LogP contribution >= 0.6 is 0 Å². The third kappa shape index (κ3) is 2.66. The SMILES string of the molecule is COc1cc(C)c(C2CC(C(=O)O)CN2)cc1OC. The van der Waals surface area contributed by atoms with Crippen molar-refractivity contribution in [1.29, 1.82) is 0 Å². The Labute approximate surface area is 112 Å². The minimum atomic E-state index is -0.742. The van der Waals surface area contributed by atoms with Gasteiger partial charge in [0.1, 0.15) is 0 Å². The molecule has 0 radical (unpaired) electrons. The topological polar surface area (TPSA) is 67.8 Å². The molecule has 0 amide bonds. The summed E-state index contributed by atoms with van der Waals surface area (Å²) in [6, 6.07) is 3.90. The zero-order valence-electron chi connectivity index (χ0n) is 11.4. The lowest BCUT2D eigenvalue weighted by molar-refractivity contribution is -0.141. The smallest absolute Gasteiger partial charge is 0.307 e. The average Bonchev–Trinajstić information content (AvgIpc) is 2.87. The van der Waals surface area contributed by atoms with Gasteiger partial charge < -0.3 is 19.9 Å². The van der Waals surface area contributed by atoms with E-state index in [2.05, 4.69) is 5.32 Å². The van der Waals surface area contributed by atoms with Crippen molar-refractivity contribution in [3.8, 4) is 11.5 Å². The summed E-state index contributed by atoms with van der Waals surface area (Å²) in [5.41, 5.74) is 2.14. The third-order valence-corrected chi connectivity index (χ3v) is 3.63. The number of rotatable bonds is 4. The predicted molar refractivity (Wildman–Crippen MR) is 70.8 cm³/mol. The van der Waals surface area contributed by atoms with Crippen molar-refractivity contribution in [2.24, 2.45) is 5.92 Å². The van der Waals surface area contributed by atoms with Crippen LogP contribution in [0.1, 0.15) is 23.6 Å². The van der Waals surface area contributed by atoms with Crippen molar-refractivity contribution in [2.75, 3.05) is 20.8 Å². The first kappa shape index (κ1) is 13.7. The second-order valence-corrected chi connectivity index (χ2v) is 4.80. The van der Waals surface area contributed by atoms with Crippen LogP contribution in [0, 0.1) is 12.8 Å². The van der Waals surface area contributed by atoms with Gasteiger partial charge in [-0.2, -0.15) is 0 Å². The van der Waals surface area contributed by atoms with Gasteiger partial charge in [0.15, 0.2) is 11.5 Å². The van der Waals surface area contributed by atoms with Gasteiger partial charge in [-0.25, -0.2) is 0 Å². The van der Waals surface area contributed by atoms with Crippen LogP contribution in [-0.2, 0) is 4.79 Å². The molecule has 0 aromatic heterocycles. The van der Waals surface area contributed by atoms with E-state index in [1.54, 1.807) is 14.2 Å². The summed E-state index contributed by atoms with van der Waals surface area (Å²) in [5.74, 6) is 0.297. The van der Waals surface area contributed by atoms with Gasteiger partial charge in [-0.15, -0.1) is 0 Å². The molecule has 1 heterocycles. The number of carboxylic acids is 1. The Morgan fingerprint density at radius 3 is 2.47 bits per heavy atom. The molecule has 1 saturated heterocycles. The summed E-state index contributed by atoms with van der Waals surface area (Å²) in [6.45, 7) is 2.50.